The fraction of sp³-hybridized carbons (Fsp3) is 0.945. The van der Waals surface area contributed by atoms with Crippen LogP contribution in [0.1, 0.15) is 364 Å². The monoisotopic (exact) mass is 1350 g/mol. The van der Waals surface area contributed by atoms with Crippen LogP contribution in [0.3, 0.4) is 0 Å². The number of carbonyl (C=O) groups excluding carboxylic acids is 4. The van der Waals surface area contributed by atoms with Gasteiger partial charge in [0.1, 0.15) is 19.3 Å². The van der Waals surface area contributed by atoms with Gasteiger partial charge >= 0.3 is 39.5 Å². The predicted molar refractivity (Wildman–Crippen MR) is 372 cm³/mol. The summed E-state index contributed by atoms with van der Waals surface area (Å²) in [6, 6.07) is 0. The van der Waals surface area contributed by atoms with Crippen LogP contribution in [-0.4, -0.2) is 96.7 Å². The van der Waals surface area contributed by atoms with Gasteiger partial charge in [0.15, 0.2) is 12.2 Å². The fourth-order valence-electron chi connectivity index (χ4n) is 11.0. The summed E-state index contributed by atoms with van der Waals surface area (Å²) in [7, 11) is -9.90. The molecule has 0 saturated carbocycles. The number of ether oxygens (including phenoxy) is 4. The summed E-state index contributed by atoms with van der Waals surface area (Å²) < 4.78 is 68.3. The molecule has 0 aliphatic rings. The number of aliphatic hydroxyl groups is 1. The van der Waals surface area contributed by atoms with E-state index in [0.29, 0.717) is 37.5 Å². The molecule has 0 aromatic heterocycles. The highest BCUT2D eigenvalue weighted by molar-refractivity contribution is 7.47. The highest BCUT2D eigenvalue weighted by Crippen LogP contribution is 2.45. The van der Waals surface area contributed by atoms with Crippen molar-refractivity contribution in [3.05, 3.63) is 0 Å². The van der Waals surface area contributed by atoms with Gasteiger partial charge < -0.3 is 33.8 Å². The SMILES string of the molecule is CC(C)CCCCCCCCCCCCCCCCCCCCC(=O)OC[C@H](COP(=O)(O)OCC(O)COP(=O)(O)OC[C@@H](COC(=O)CCCCCCCCCCC(C)C)OC(=O)CCCCCCCCCC(C)C)OC(=O)CCCCCCCCCC(C)C. The van der Waals surface area contributed by atoms with E-state index < -0.39 is 97.5 Å². The second-order valence-electron chi connectivity index (χ2n) is 28.2. The Hall–Kier alpha value is -1.94. The van der Waals surface area contributed by atoms with Crippen LogP contribution >= 0.6 is 15.6 Å². The molecule has 19 heteroatoms. The number of carbonyl (C=O) groups is 4. The number of esters is 4. The molecule has 17 nitrogen and oxygen atoms in total. The molecule has 0 spiro atoms. The molecule has 0 fully saturated rings. The van der Waals surface area contributed by atoms with E-state index in [-0.39, 0.29) is 25.7 Å². The Morgan fingerprint density at radius 1 is 0.272 bits per heavy atom. The van der Waals surface area contributed by atoms with Gasteiger partial charge in [-0.1, -0.05) is 312 Å². The van der Waals surface area contributed by atoms with Crippen LogP contribution in [0.25, 0.3) is 0 Å². The molecule has 0 aliphatic carbocycles. The molecule has 546 valence electrons. The second kappa shape index (κ2) is 62.6. The summed E-state index contributed by atoms with van der Waals surface area (Å²) in [5, 5.41) is 10.6. The molecular weight excluding hydrogens is 1210 g/mol. The lowest BCUT2D eigenvalue weighted by Crippen LogP contribution is -2.30. The van der Waals surface area contributed by atoms with Gasteiger partial charge in [-0.15, -0.1) is 0 Å². The first kappa shape index (κ1) is 90.1. The number of phosphoric acid groups is 2. The minimum atomic E-state index is -4.95. The van der Waals surface area contributed by atoms with Gasteiger partial charge in [0, 0.05) is 25.7 Å². The molecule has 0 aliphatic heterocycles. The first-order chi connectivity index (χ1) is 44.1. The summed E-state index contributed by atoms with van der Waals surface area (Å²) in [4.78, 5) is 72.5. The molecule has 0 radical (unpaired) electrons. The molecule has 0 heterocycles. The molecule has 0 aromatic carbocycles. The zero-order chi connectivity index (χ0) is 68.2. The first-order valence-corrected chi connectivity index (χ1v) is 40.7. The van der Waals surface area contributed by atoms with Crippen molar-refractivity contribution in [2.24, 2.45) is 23.7 Å². The van der Waals surface area contributed by atoms with Crippen molar-refractivity contribution in [1.29, 1.82) is 0 Å². The lowest BCUT2D eigenvalue weighted by Gasteiger charge is -2.21. The van der Waals surface area contributed by atoms with Crippen LogP contribution in [0.5, 0.6) is 0 Å². The van der Waals surface area contributed by atoms with Crippen LogP contribution in [0.2, 0.25) is 0 Å². The number of rotatable bonds is 70. The maximum absolute atomic E-state index is 13.0. The summed E-state index contributed by atoms with van der Waals surface area (Å²) in [5.41, 5.74) is 0. The molecule has 92 heavy (non-hydrogen) atoms. The number of unbranched alkanes of at least 4 members (excludes halogenated alkanes) is 36. The Balaban J connectivity index is 5.13. The van der Waals surface area contributed by atoms with Gasteiger partial charge in [0.2, 0.25) is 0 Å². The maximum Gasteiger partial charge on any atom is 0.472 e. The zero-order valence-electron chi connectivity index (χ0n) is 60.2. The number of hydrogen-bond acceptors (Lipinski definition) is 15. The fourth-order valence-corrected chi connectivity index (χ4v) is 12.6. The Labute approximate surface area is 562 Å². The van der Waals surface area contributed by atoms with E-state index in [1.807, 2.05) is 0 Å². The quantitative estimate of drug-likeness (QED) is 0.0222. The third kappa shape index (κ3) is 66.7. The average molecular weight is 1350 g/mol. The van der Waals surface area contributed by atoms with Gasteiger partial charge in [-0.25, -0.2) is 9.13 Å². The first-order valence-electron chi connectivity index (χ1n) is 37.7. The summed E-state index contributed by atoms with van der Waals surface area (Å²) >= 11 is 0. The van der Waals surface area contributed by atoms with Crippen LogP contribution in [0.4, 0.5) is 0 Å². The number of phosphoric ester groups is 2. The normalized spacial score (nSPS) is 14.2. The molecule has 0 aromatic rings. The minimum absolute atomic E-state index is 0.102. The molecule has 3 unspecified atom stereocenters. The van der Waals surface area contributed by atoms with Crippen LogP contribution in [-0.2, 0) is 65.4 Å². The van der Waals surface area contributed by atoms with Gasteiger partial charge in [0.05, 0.1) is 26.4 Å². The zero-order valence-corrected chi connectivity index (χ0v) is 62.0. The largest absolute Gasteiger partial charge is 0.472 e. The van der Waals surface area contributed by atoms with Crippen LogP contribution < -0.4 is 0 Å². The van der Waals surface area contributed by atoms with Crippen molar-refractivity contribution in [2.45, 2.75) is 382 Å². The Bertz CT molecular complexity index is 1820. The van der Waals surface area contributed by atoms with Gasteiger partial charge in [-0.05, 0) is 49.4 Å². The third-order valence-corrected chi connectivity index (χ3v) is 18.7. The molecule has 0 rings (SSSR count). The number of hydrogen-bond donors (Lipinski definition) is 3. The van der Waals surface area contributed by atoms with Crippen molar-refractivity contribution in [1.82, 2.24) is 0 Å². The second-order valence-corrected chi connectivity index (χ2v) is 31.1. The Morgan fingerprint density at radius 3 is 0.674 bits per heavy atom. The van der Waals surface area contributed by atoms with E-state index in [2.05, 4.69) is 55.4 Å². The summed E-state index contributed by atoms with van der Waals surface area (Å²) in [6.45, 7) is 14.0. The average Bonchev–Trinajstić information content (AvgIpc) is 2.25. The molecule has 0 amide bonds. The Morgan fingerprint density at radius 2 is 0.457 bits per heavy atom. The lowest BCUT2D eigenvalue weighted by molar-refractivity contribution is -0.161. The molecule has 0 bridgehead atoms. The summed E-state index contributed by atoms with van der Waals surface area (Å²) in [5.74, 6) is 0.809. The van der Waals surface area contributed by atoms with Crippen molar-refractivity contribution in [3.63, 3.8) is 0 Å². The third-order valence-electron chi connectivity index (χ3n) is 16.8. The predicted octanol–water partition coefficient (Wildman–Crippen LogP) is 20.9. The number of aliphatic hydroxyl groups excluding tert-OH is 1. The van der Waals surface area contributed by atoms with E-state index >= 15 is 0 Å². The molecule has 5 atom stereocenters. The molecule has 3 N–H and O–H groups in total. The highest BCUT2D eigenvalue weighted by atomic mass is 31.2. The minimum Gasteiger partial charge on any atom is -0.462 e. The maximum atomic E-state index is 13.0. The van der Waals surface area contributed by atoms with Crippen molar-refractivity contribution in [3.8, 4) is 0 Å². The van der Waals surface area contributed by atoms with Crippen LogP contribution in [0, 0.1) is 23.7 Å². The van der Waals surface area contributed by atoms with E-state index in [0.717, 1.165) is 102 Å². The highest BCUT2D eigenvalue weighted by Gasteiger charge is 2.30. The smallest absolute Gasteiger partial charge is 0.462 e. The van der Waals surface area contributed by atoms with E-state index in [1.54, 1.807) is 0 Å². The topological polar surface area (TPSA) is 237 Å². The van der Waals surface area contributed by atoms with Crippen molar-refractivity contribution >= 4 is 39.5 Å². The molecule has 0 saturated heterocycles. The van der Waals surface area contributed by atoms with Gasteiger partial charge in [0.25, 0.3) is 0 Å². The standard InChI is InChI=1S/C73H142O17P2/c1-63(2)49-41-33-25-19-17-15-13-11-9-10-12-14-16-18-20-29-37-45-53-70(75)83-59-68(89-72(77)55-47-39-31-23-27-35-43-51-65(5)6)61-87-91(79,80)85-57-67(74)58-86-92(81,82)88-62-69(90-73(78)56-48-40-32-24-28-36-44-52-66(7)8)60-84-71(76)54-46-38-30-22-21-26-34-42-50-64(3)4/h63-69,74H,9-62H2,1-8H3,(H,79,80)(H,81,82)/t67?,68-,69-/m1/s1. The van der Waals surface area contributed by atoms with E-state index in [4.69, 9.17) is 37.0 Å². The van der Waals surface area contributed by atoms with E-state index in [9.17, 15) is 43.2 Å². The lowest BCUT2D eigenvalue weighted by atomic mass is 10.0. The van der Waals surface area contributed by atoms with E-state index in [1.165, 1.54) is 167 Å². The molecular formula is C73H142O17P2. The van der Waals surface area contributed by atoms with Gasteiger partial charge in [-0.3, -0.25) is 37.3 Å². The van der Waals surface area contributed by atoms with Crippen LogP contribution in [0.15, 0.2) is 0 Å². The summed E-state index contributed by atoms with van der Waals surface area (Å²) in [6.07, 6.45) is 46.3. The van der Waals surface area contributed by atoms with Crippen molar-refractivity contribution in [2.75, 3.05) is 39.6 Å². The van der Waals surface area contributed by atoms with Crippen molar-refractivity contribution < 1.29 is 80.2 Å². The van der Waals surface area contributed by atoms with Gasteiger partial charge in [-0.2, -0.15) is 0 Å². The Kier molecular flexibility index (Phi) is 61.3.